The van der Waals surface area contributed by atoms with Crippen LogP contribution in [0.3, 0.4) is 0 Å². The summed E-state index contributed by atoms with van der Waals surface area (Å²) >= 11 is 11.9. The zero-order valence-corrected chi connectivity index (χ0v) is 13.7. The van der Waals surface area contributed by atoms with Crippen molar-refractivity contribution in [3.63, 3.8) is 0 Å². The molecule has 1 aromatic rings. The summed E-state index contributed by atoms with van der Waals surface area (Å²) in [6.07, 6.45) is -0.119. The van der Waals surface area contributed by atoms with Crippen LogP contribution in [0.4, 0.5) is 4.79 Å². The Kier molecular flexibility index (Phi) is 8.34. The SMILES string of the molecule is COC[C@@H](CCCOc1ccc(Cl)c(Cl)c1CO)OC(N)=O. The van der Waals surface area contributed by atoms with Crippen molar-refractivity contribution < 1.29 is 24.1 Å². The number of amides is 1. The van der Waals surface area contributed by atoms with E-state index >= 15 is 0 Å². The number of halogens is 2. The van der Waals surface area contributed by atoms with Gasteiger partial charge in [0.05, 0.1) is 29.9 Å². The Labute approximate surface area is 139 Å². The van der Waals surface area contributed by atoms with Crippen LogP contribution in [0.15, 0.2) is 12.1 Å². The van der Waals surface area contributed by atoms with Gasteiger partial charge < -0.3 is 25.1 Å². The van der Waals surface area contributed by atoms with Crippen molar-refractivity contribution in [2.24, 2.45) is 5.73 Å². The highest BCUT2D eigenvalue weighted by Crippen LogP contribution is 2.33. The predicted molar refractivity (Wildman–Crippen MR) is 83.4 cm³/mol. The first-order valence-corrected chi connectivity index (χ1v) is 7.40. The molecule has 0 aromatic heterocycles. The number of carbonyl (C=O) groups excluding carboxylic acids is 1. The van der Waals surface area contributed by atoms with Gasteiger partial charge in [-0.3, -0.25) is 0 Å². The van der Waals surface area contributed by atoms with Gasteiger partial charge in [-0.2, -0.15) is 0 Å². The number of nitrogens with two attached hydrogens (primary N) is 1. The lowest BCUT2D eigenvalue weighted by Gasteiger charge is -2.16. The van der Waals surface area contributed by atoms with Gasteiger partial charge in [0.2, 0.25) is 0 Å². The average Bonchev–Trinajstić information content (AvgIpc) is 2.46. The molecule has 0 unspecified atom stereocenters. The number of aliphatic hydroxyl groups excluding tert-OH is 1. The first kappa shape index (κ1) is 18.8. The van der Waals surface area contributed by atoms with Gasteiger partial charge in [0.15, 0.2) is 0 Å². The molecule has 1 aromatic carbocycles. The number of benzene rings is 1. The largest absolute Gasteiger partial charge is 0.493 e. The number of hydrogen-bond acceptors (Lipinski definition) is 5. The molecule has 0 aliphatic carbocycles. The van der Waals surface area contributed by atoms with Crippen LogP contribution in [-0.2, 0) is 16.1 Å². The third-order valence-corrected chi connectivity index (χ3v) is 3.72. The van der Waals surface area contributed by atoms with E-state index in [2.05, 4.69) is 0 Å². The zero-order valence-electron chi connectivity index (χ0n) is 12.2. The van der Waals surface area contributed by atoms with Crippen molar-refractivity contribution in [3.05, 3.63) is 27.7 Å². The van der Waals surface area contributed by atoms with Gasteiger partial charge in [0.25, 0.3) is 0 Å². The summed E-state index contributed by atoms with van der Waals surface area (Å²) in [5.41, 5.74) is 5.43. The van der Waals surface area contributed by atoms with E-state index in [0.717, 1.165) is 0 Å². The summed E-state index contributed by atoms with van der Waals surface area (Å²) in [5.74, 6) is 0.469. The van der Waals surface area contributed by atoms with Crippen molar-refractivity contribution in [2.75, 3.05) is 20.3 Å². The second-order valence-electron chi connectivity index (χ2n) is 4.50. The molecule has 6 nitrogen and oxygen atoms in total. The molecule has 0 saturated carbocycles. The molecule has 0 fully saturated rings. The number of methoxy groups -OCH3 is 1. The quantitative estimate of drug-likeness (QED) is 0.667. The molecule has 1 atom stereocenters. The molecule has 1 amide bonds. The van der Waals surface area contributed by atoms with Gasteiger partial charge in [-0.15, -0.1) is 0 Å². The topological polar surface area (TPSA) is 91.0 Å². The van der Waals surface area contributed by atoms with E-state index in [1.54, 1.807) is 12.1 Å². The Morgan fingerprint density at radius 3 is 2.73 bits per heavy atom. The molecule has 0 radical (unpaired) electrons. The Bertz CT molecular complexity index is 498. The van der Waals surface area contributed by atoms with Crippen LogP contribution in [-0.4, -0.2) is 37.6 Å². The smallest absolute Gasteiger partial charge is 0.404 e. The van der Waals surface area contributed by atoms with E-state index in [1.807, 2.05) is 0 Å². The van der Waals surface area contributed by atoms with Crippen molar-refractivity contribution in [2.45, 2.75) is 25.6 Å². The number of primary amides is 1. The summed E-state index contributed by atoms with van der Waals surface area (Å²) in [4.78, 5) is 10.7. The molecule has 124 valence electrons. The lowest BCUT2D eigenvalue weighted by atomic mass is 10.2. The first-order valence-electron chi connectivity index (χ1n) is 6.65. The summed E-state index contributed by atoms with van der Waals surface area (Å²) in [5, 5.41) is 9.96. The zero-order chi connectivity index (χ0) is 16.5. The predicted octanol–water partition coefficient (Wildman–Crippen LogP) is 2.76. The van der Waals surface area contributed by atoms with Crippen molar-refractivity contribution in [3.8, 4) is 5.75 Å². The monoisotopic (exact) mass is 351 g/mol. The fourth-order valence-corrected chi connectivity index (χ4v) is 2.27. The summed E-state index contributed by atoms with van der Waals surface area (Å²) in [6.45, 7) is 0.344. The molecular weight excluding hydrogens is 333 g/mol. The Morgan fingerprint density at radius 1 is 1.41 bits per heavy atom. The van der Waals surface area contributed by atoms with Crippen LogP contribution in [0.2, 0.25) is 10.0 Å². The second kappa shape index (κ2) is 9.74. The van der Waals surface area contributed by atoms with E-state index in [-0.39, 0.29) is 18.2 Å². The fraction of sp³-hybridized carbons (Fsp3) is 0.500. The van der Waals surface area contributed by atoms with Gasteiger partial charge in [-0.1, -0.05) is 23.2 Å². The number of carbonyl (C=O) groups is 1. The molecule has 8 heteroatoms. The Balaban J connectivity index is 2.50. The number of ether oxygens (including phenoxy) is 3. The van der Waals surface area contributed by atoms with Crippen molar-refractivity contribution >= 4 is 29.3 Å². The average molecular weight is 352 g/mol. The minimum Gasteiger partial charge on any atom is -0.493 e. The van der Waals surface area contributed by atoms with Gasteiger partial charge >= 0.3 is 6.09 Å². The van der Waals surface area contributed by atoms with Crippen LogP contribution in [0.1, 0.15) is 18.4 Å². The molecule has 0 aliphatic heterocycles. The van der Waals surface area contributed by atoms with Crippen LogP contribution >= 0.6 is 23.2 Å². The highest BCUT2D eigenvalue weighted by molar-refractivity contribution is 6.42. The van der Waals surface area contributed by atoms with Crippen LogP contribution in [0, 0.1) is 0 Å². The minimum absolute atomic E-state index is 0.262. The summed E-state index contributed by atoms with van der Waals surface area (Å²) in [6, 6.07) is 3.24. The fourth-order valence-electron chi connectivity index (χ4n) is 1.88. The third-order valence-electron chi connectivity index (χ3n) is 2.87. The van der Waals surface area contributed by atoms with Crippen molar-refractivity contribution in [1.82, 2.24) is 0 Å². The molecule has 0 bridgehead atoms. The molecular formula is C14H19Cl2NO5. The number of hydrogen-bond donors (Lipinski definition) is 2. The highest BCUT2D eigenvalue weighted by Gasteiger charge is 2.14. The normalized spacial score (nSPS) is 12.0. The van der Waals surface area contributed by atoms with Gasteiger partial charge in [0.1, 0.15) is 11.9 Å². The van der Waals surface area contributed by atoms with Gasteiger partial charge in [-0.05, 0) is 25.0 Å². The van der Waals surface area contributed by atoms with Crippen molar-refractivity contribution in [1.29, 1.82) is 0 Å². The van der Waals surface area contributed by atoms with E-state index in [1.165, 1.54) is 7.11 Å². The number of rotatable bonds is 9. The maximum atomic E-state index is 10.7. The van der Waals surface area contributed by atoms with E-state index < -0.39 is 12.2 Å². The van der Waals surface area contributed by atoms with Gasteiger partial charge in [-0.25, -0.2) is 4.79 Å². The maximum Gasteiger partial charge on any atom is 0.404 e. The molecule has 0 spiro atoms. The summed E-state index contributed by atoms with van der Waals surface area (Å²) < 4.78 is 15.4. The maximum absolute atomic E-state index is 10.7. The first-order chi connectivity index (χ1) is 10.5. The molecule has 0 saturated heterocycles. The molecule has 22 heavy (non-hydrogen) atoms. The van der Waals surface area contributed by atoms with Crippen LogP contribution < -0.4 is 10.5 Å². The minimum atomic E-state index is -0.838. The lowest BCUT2D eigenvalue weighted by Crippen LogP contribution is -2.27. The van der Waals surface area contributed by atoms with Crippen LogP contribution in [0.5, 0.6) is 5.75 Å². The molecule has 0 heterocycles. The van der Waals surface area contributed by atoms with Crippen LogP contribution in [0.25, 0.3) is 0 Å². The number of aliphatic hydroxyl groups is 1. The van der Waals surface area contributed by atoms with E-state index in [9.17, 15) is 9.90 Å². The second-order valence-corrected chi connectivity index (χ2v) is 5.29. The third kappa shape index (κ3) is 5.88. The standard InChI is InChI=1S/C14H19Cl2NO5/c1-20-8-9(22-14(17)19)3-2-6-21-12-5-4-11(15)13(16)10(12)7-18/h4-5,9,18H,2-3,6-8H2,1H3,(H2,17,19)/t9-/m1/s1. The van der Waals surface area contributed by atoms with E-state index in [0.29, 0.717) is 35.8 Å². The molecule has 1 rings (SSSR count). The lowest BCUT2D eigenvalue weighted by molar-refractivity contribution is 0.0364. The molecule has 0 aliphatic rings. The highest BCUT2D eigenvalue weighted by atomic mass is 35.5. The Hall–Kier alpha value is -1.21. The Morgan fingerprint density at radius 2 is 2.14 bits per heavy atom. The summed E-state index contributed by atoms with van der Waals surface area (Å²) in [7, 11) is 1.51. The molecule has 3 N–H and O–H groups in total. The van der Waals surface area contributed by atoms with E-state index in [4.69, 9.17) is 43.1 Å². The van der Waals surface area contributed by atoms with Gasteiger partial charge in [0, 0.05) is 12.7 Å².